The molecule has 0 spiro atoms. The SMILES string of the molecule is Cc1ccc(S(=O)(=O)Nc2ccccc2-c2cn3c(n2)CCCC3)c(C)c1. The maximum absolute atomic E-state index is 13.0. The van der Waals surface area contributed by atoms with Gasteiger partial charge in [-0.1, -0.05) is 35.9 Å². The predicted molar refractivity (Wildman–Crippen MR) is 107 cm³/mol. The van der Waals surface area contributed by atoms with Gasteiger partial charge in [0.15, 0.2) is 0 Å². The Bertz CT molecular complexity index is 1080. The van der Waals surface area contributed by atoms with Gasteiger partial charge >= 0.3 is 0 Å². The molecule has 2 heterocycles. The van der Waals surface area contributed by atoms with Gasteiger partial charge < -0.3 is 4.57 Å². The van der Waals surface area contributed by atoms with Crippen LogP contribution < -0.4 is 4.72 Å². The van der Waals surface area contributed by atoms with E-state index in [1.807, 2.05) is 50.4 Å². The van der Waals surface area contributed by atoms with Crippen LogP contribution in [0.2, 0.25) is 0 Å². The first kappa shape index (κ1) is 17.8. The molecule has 0 radical (unpaired) electrons. The van der Waals surface area contributed by atoms with Crippen LogP contribution in [-0.4, -0.2) is 18.0 Å². The van der Waals surface area contributed by atoms with Gasteiger partial charge in [0.1, 0.15) is 5.82 Å². The van der Waals surface area contributed by atoms with Gasteiger partial charge in [-0.3, -0.25) is 4.72 Å². The third-order valence-electron chi connectivity index (χ3n) is 4.98. The van der Waals surface area contributed by atoms with E-state index in [4.69, 9.17) is 4.98 Å². The molecule has 5 nitrogen and oxygen atoms in total. The molecule has 0 unspecified atom stereocenters. The van der Waals surface area contributed by atoms with E-state index in [1.54, 1.807) is 12.1 Å². The van der Waals surface area contributed by atoms with E-state index in [0.29, 0.717) is 10.6 Å². The lowest BCUT2D eigenvalue weighted by molar-refractivity contribution is 0.522. The summed E-state index contributed by atoms with van der Waals surface area (Å²) in [6.45, 7) is 4.74. The summed E-state index contributed by atoms with van der Waals surface area (Å²) in [5.41, 5.74) is 3.93. The van der Waals surface area contributed by atoms with Crippen LogP contribution in [-0.2, 0) is 23.0 Å². The van der Waals surface area contributed by atoms with Crippen molar-refractivity contribution in [2.24, 2.45) is 0 Å². The van der Waals surface area contributed by atoms with Crippen molar-refractivity contribution in [1.29, 1.82) is 0 Å². The minimum Gasteiger partial charge on any atom is -0.334 e. The molecule has 0 aliphatic carbocycles. The lowest BCUT2D eigenvalue weighted by Gasteiger charge is -2.13. The highest BCUT2D eigenvalue weighted by Gasteiger charge is 2.20. The summed E-state index contributed by atoms with van der Waals surface area (Å²) in [4.78, 5) is 5.04. The number of para-hydroxylation sites is 1. The van der Waals surface area contributed by atoms with E-state index in [1.165, 1.54) is 0 Å². The first-order valence-electron chi connectivity index (χ1n) is 9.19. The fraction of sp³-hybridized carbons (Fsp3) is 0.286. The second-order valence-corrected chi connectivity index (χ2v) is 8.76. The number of hydrogen-bond acceptors (Lipinski definition) is 3. The zero-order valence-corrected chi connectivity index (χ0v) is 16.4. The maximum atomic E-state index is 13.0. The smallest absolute Gasteiger partial charge is 0.262 e. The molecule has 1 aliphatic heterocycles. The van der Waals surface area contributed by atoms with Gasteiger partial charge in [0.2, 0.25) is 0 Å². The van der Waals surface area contributed by atoms with Gasteiger partial charge in [0, 0.05) is 24.7 Å². The number of imidazole rings is 1. The number of aryl methyl sites for hydroxylation is 4. The third-order valence-corrected chi connectivity index (χ3v) is 6.50. The molecule has 0 bridgehead atoms. The van der Waals surface area contributed by atoms with Crippen LogP contribution in [0.15, 0.2) is 53.6 Å². The van der Waals surface area contributed by atoms with E-state index in [0.717, 1.165) is 54.0 Å². The van der Waals surface area contributed by atoms with Crippen LogP contribution >= 0.6 is 0 Å². The van der Waals surface area contributed by atoms with E-state index < -0.39 is 10.0 Å². The number of fused-ring (bicyclic) bond motifs is 1. The number of hydrogen-bond donors (Lipinski definition) is 1. The summed E-state index contributed by atoms with van der Waals surface area (Å²) >= 11 is 0. The van der Waals surface area contributed by atoms with Crippen molar-refractivity contribution in [3.8, 4) is 11.3 Å². The van der Waals surface area contributed by atoms with Crippen LogP contribution in [0.1, 0.15) is 29.8 Å². The Morgan fingerprint density at radius 1 is 1.07 bits per heavy atom. The van der Waals surface area contributed by atoms with Crippen molar-refractivity contribution in [1.82, 2.24) is 9.55 Å². The van der Waals surface area contributed by atoms with E-state index in [9.17, 15) is 8.42 Å². The standard InChI is InChI=1S/C21H23N3O2S/c1-15-10-11-20(16(2)13-15)27(25,26)23-18-8-4-3-7-17(18)19-14-24-12-6-5-9-21(24)22-19/h3-4,7-8,10-11,13-14,23H,5-6,9,12H2,1-2H3. The van der Waals surface area contributed by atoms with Crippen LogP contribution in [0.4, 0.5) is 5.69 Å². The molecule has 1 N–H and O–H groups in total. The van der Waals surface area contributed by atoms with Gasteiger partial charge in [-0.15, -0.1) is 0 Å². The minimum absolute atomic E-state index is 0.298. The molecule has 1 aromatic heterocycles. The second-order valence-electron chi connectivity index (χ2n) is 7.11. The van der Waals surface area contributed by atoms with Crippen LogP contribution in [0.25, 0.3) is 11.3 Å². The quantitative estimate of drug-likeness (QED) is 0.733. The molecular formula is C21H23N3O2S. The molecule has 0 fully saturated rings. The number of sulfonamides is 1. The highest BCUT2D eigenvalue weighted by Crippen LogP contribution is 2.31. The fourth-order valence-corrected chi connectivity index (χ4v) is 4.95. The highest BCUT2D eigenvalue weighted by atomic mass is 32.2. The van der Waals surface area contributed by atoms with Crippen molar-refractivity contribution in [2.45, 2.75) is 44.6 Å². The fourth-order valence-electron chi connectivity index (χ4n) is 3.64. The number of nitrogens with zero attached hydrogens (tertiary/aromatic N) is 2. The van der Waals surface area contributed by atoms with Gasteiger partial charge in [-0.25, -0.2) is 13.4 Å². The molecule has 0 atom stereocenters. The minimum atomic E-state index is -3.68. The molecular weight excluding hydrogens is 358 g/mol. The summed E-state index contributed by atoms with van der Waals surface area (Å²) < 4.78 is 30.9. The third kappa shape index (κ3) is 3.49. The van der Waals surface area contributed by atoms with E-state index in [-0.39, 0.29) is 0 Å². The lowest BCUT2D eigenvalue weighted by atomic mass is 10.1. The van der Waals surface area contributed by atoms with Crippen LogP contribution in [0, 0.1) is 13.8 Å². The first-order valence-corrected chi connectivity index (χ1v) is 10.7. The van der Waals surface area contributed by atoms with Gasteiger partial charge in [-0.2, -0.15) is 0 Å². The van der Waals surface area contributed by atoms with E-state index >= 15 is 0 Å². The Hall–Kier alpha value is -2.60. The maximum Gasteiger partial charge on any atom is 0.262 e. The largest absolute Gasteiger partial charge is 0.334 e. The molecule has 0 amide bonds. The summed E-state index contributed by atoms with van der Waals surface area (Å²) in [5.74, 6) is 1.07. The number of rotatable bonds is 4. The number of nitrogens with one attached hydrogen (secondary N) is 1. The number of anilines is 1. The lowest BCUT2D eigenvalue weighted by Crippen LogP contribution is -2.15. The average molecular weight is 382 g/mol. The molecule has 4 rings (SSSR count). The average Bonchev–Trinajstić information content (AvgIpc) is 3.05. The number of benzene rings is 2. The highest BCUT2D eigenvalue weighted by molar-refractivity contribution is 7.92. The molecule has 27 heavy (non-hydrogen) atoms. The molecule has 1 aliphatic rings. The van der Waals surface area contributed by atoms with Crippen LogP contribution in [0.5, 0.6) is 0 Å². The molecule has 2 aromatic carbocycles. The summed E-state index contributed by atoms with van der Waals surface area (Å²) in [6.07, 6.45) is 5.30. The number of aromatic nitrogens is 2. The Labute approximate surface area is 160 Å². The van der Waals surface area contributed by atoms with Crippen molar-refractivity contribution in [3.05, 3.63) is 65.6 Å². The molecule has 0 saturated heterocycles. The van der Waals surface area contributed by atoms with Gasteiger partial charge in [-0.05, 0) is 44.4 Å². The van der Waals surface area contributed by atoms with Gasteiger partial charge in [0.05, 0.1) is 16.3 Å². The molecule has 0 saturated carbocycles. The van der Waals surface area contributed by atoms with Crippen molar-refractivity contribution in [2.75, 3.05) is 4.72 Å². The van der Waals surface area contributed by atoms with Crippen molar-refractivity contribution in [3.63, 3.8) is 0 Å². The van der Waals surface area contributed by atoms with Crippen LogP contribution in [0.3, 0.4) is 0 Å². The Balaban J connectivity index is 1.72. The summed E-state index contributed by atoms with van der Waals surface area (Å²) in [6, 6.07) is 12.8. The molecule has 6 heteroatoms. The second kappa shape index (κ2) is 6.85. The zero-order valence-electron chi connectivity index (χ0n) is 15.6. The van der Waals surface area contributed by atoms with E-state index in [2.05, 4.69) is 9.29 Å². The predicted octanol–water partition coefficient (Wildman–Crippen LogP) is 4.30. The van der Waals surface area contributed by atoms with Crippen molar-refractivity contribution >= 4 is 15.7 Å². The summed E-state index contributed by atoms with van der Waals surface area (Å²) in [5, 5.41) is 0. The first-order chi connectivity index (χ1) is 12.9. The summed E-state index contributed by atoms with van der Waals surface area (Å²) in [7, 11) is -3.68. The van der Waals surface area contributed by atoms with Crippen molar-refractivity contribution < 1.29 is 8.42 Å². The molecule has 140 valence electrons. The Morgan fingerprint density at radius 2 is 1.89 bits per heavy atom. The molecule has 3 aromatic rings. The monoisotopic (exact) mass is 381 g/mol. The Kier molecular flexibility index (Phi) is 4.52. The van der Waals surface area contributed by atoms with Gasteiger partial charge in [0.25, 0.3) is 10.0 Å². The normalized spacial score (nSPS) is 14.0. The topological polar surface area (TPSA) is 64.0 Å². The Morgan fingerprint density at radius 3 is 2.67 bits per heavy atom. The zero-order chi connectivity index (χ0) is 19.0.